The first-order valence-electron chi connectivity index (χ1n) is 6.58. The average Bonchev–Trinajstić information content (AvgIpc) is 2.26. The Morgan fingerprint density at radius 2 is 1.78 bits per heavy atom. The lowest BCUT2D eigenvalue weighted by Crippen LogP contribution is -2.31. The fourth-order valence-corrected chi connectivity index (χ4v) is 2.11. The summed E-state index contributed by atoms with van der Waals surface area (Å²) in [5.41, 5.74) is 0. The van der Waals surface area contributed by atoms with Crippen LogP contribution in [-0.2, 0) is 0 Å². The minimum absolute atomic E-state index is 0.288. The fourth-order valence-electron chi connectivity index (χ4n) is 1.93. The van der Waals surface area contributed by atoms with Gasteiger partial charge >= 0.3 is 0 Å². The molecule has 1 rings (SSSR count). The maximum atomic E-state index is 6.07. The number of aromatic nitrogens is 2. The molecule has 0 saturated heterocycles. The van der Waals surface area contributed by atoms with Crippen LogP contribution in [0.15, 0.2) is 6.07 Å². The molecule has 1 aromatic heterocycles. The Morgan fingerprint density at radius 3 is 2.28 bits per heavy atom. The lowest BCUT2D eigenvalue weighted by Gasteiger charge is -2.27. The summed E-state index contributed by atoms with van der Waals surface area (Å²) < 4.78 is 0. The van der Waals surface area contributed by atoms with Gasteiger partial charge < -0.3 is 4.90 Å². The van der Waals surface area contributed by atoms with Gasteiger partial charge in [-0.3, -0.25) is 0 Å². The van der Waals surface area contributed by atoms with Gasteiger partial charge in [-0.2, -0.15) is 0 Å². The molecule has 1 aromatic rings. The number of nitrogens with zero attached hydrogens (tertiary/aromatic N) is 3. The van der Waals surface area contributed by atoms with E-state index in [0.717, 1.165) is 18.1 Å². The highest BCUT2D eigenvalue weighted by Gasteiger charge is 2.15. The molecule has 0 N–H and O–H groups in total. The summed E-state index contributed by atoms with van der Waals surface area (Å²) in [5.74, 6) is 2.67. The molecule has 18 heavy (non-hydrogen) atoms. The molecule has 3 nitrogen and oxygen atoms in total. The Hall–Kier alpha value is -0.830. The van der Waals surface area contributed by atoms with Crippen LogP contribution < -0.4 is 4.90 Å². The van der Waals surface area contributed by atoms with Crippen LogP contribution >= 0.6 is 11.6 Å². The van der Waals surface area contributed by atoms with Crippen LogP contribution in [0.5, 0.6) is 0 Å². The highest BCUT2D eigenvalue weighted by atomic mass is 35.5. The molecule has 0 aliphatic carbocycles. The second-order valence-electron chi connectivity index (χ2n) is 5.65. The molecule has 102 valence electrons. The first-order valence-corrected chi connectivity index (χ1v) is 6.96. The van der Waals surface area contributed by atoms with E-state index in [1.807, 2.05) is 6.07 Å². The Balaban J connectivity index is 2.94. The summed E-state index contributed by atoms with van der Waals surface area (Å²) in [6.07, 6.45) is 1.13. The highest BCUT2D eigenvalue weighted by Crippen LogP contribution is 2.22. The maximum absolute atomic E-state index is 6.07. The molecule has 1 unspecified atom stereocenters. The molecular weight excluding hydrogens is 246 g/mol. The summed E-state index contributed by atoms with van der Waals surface area (Å²) in [6.45, 7) is 10.8. The van der Waals surface area contributed by atoms with Gasteiger partial charge in [0.05, 0.1) is 0 Å². The fraction of sp³-hybridized carbons (Fsp3) is 0.714. The van der Waals surface area contributed by atoms with E-state index in [9.17, 15) is 0 Å². The third-order valence-electron chi connectivity index (χ3n) is 3.05. The monoisotopic (exact) mass is 269 g/mol. The normalized spacial score (nSPS) is 13.2. The zero-order valence-corrected chi connectivity index (χ0v) is 13.0. The lowest BCUT2D eigenvalue weighted by atomic mass is 10.0. The van der Waals surface area contributed by atoms with Gasteiger partial charge in [-0.1, -0.05) is 39.3 Å². The number of halogens is 1. The van der Waals surface area contributed by atoms with E-state index < -0.39 is 0 Å². The van der Waals surface area contributed by atoms with Crippen molar-refractivity contribution in [2.45, 2.75) is 53.0 Å². The van der Waals surface area contributed by atoms with Crippen LogP contribution in [0.3, 0.4) is 0 Å². The average molecular weight is 270 g/mol. The second-order valence-corrected chi connectivity index (χ2v) is 6.04. The SMILES string of the molecule is CC(C)CC(C)N(C)c1cc(Cl)nc(C(C)C)n1. The standard InChI is InChI=1S/C14H24ClN3/c1-9(2)7-11(5)18(6)13-8-12(15)16-14(17-13)10(3)4/h8-11H,7H2,1-6H3. The van der Waals surface area contributed by atoms with Crippen molar-refractivity contribution in [2.24, 2.45) is 5.92 Å². The highest BCUT2D eigenvalue weighted by molar-refractivity contribution is 6.29. The topological polar surface area (TPSA) is 29.0 Å². The van der Waals surface area contributed by atoms with Crippen LogP contribution in [0.1, 0.15) is 52.8 Å². The molecule has 0 bridgehead atoms. The molecule has 0 aromatic carbocycles. The molecule has 0 radical (unpaired) electrons. The van der Waals surface area contributed by atoms with Crippen LogP contribution in [0.25, 0.3) is 0 Å². The number of hydrogen-bond acceptors (Lipinski definition) is 3. The van der Waals surface area contributed by atoms with Crippen molar-refractivity contribution in [1.82, 2.24) is 9.97 Å². The van der Waals surface area contributed by atoms with E-state index in [1.165, 1.54) is 0 Å². The van der Waals surface area contributed by atoms with Crippen molar-refractivity contribution < 1.29 is 0 Å². The van der Waals surface area contributed by atoms with Gasteiger partial charge in [0.15, 0.2) is 0 Å². The predicted molar refractivity (Wildman–Crippen MR) is 78.5 cm³/mol. The van der Waals surface area contributed by atoms with Gasteiger partial charge in [-0.25, -0.2) is 9.97 Å². The maximum Gasteiger partial charge on any atom is 0.135 e. The van der Waals surface area contributed by atoms with Crippen molar-refractivity contribution >= 4 is 17.4 Å². The Labute approximate surface area is 116 Å². The van der Waals surface area contributed by atoms with Crippen LogP contribution in [0.4, 0.5) is 5.82 Å². The van der Waals surface area contributed by atoms with Crippen molar-refractivity contribution in [3.8, 4) is 0 Å². The van der Waals surface area contributed by atoms with E-state index in [1.54, 1.807) is 0 Å². The molecule has 0 aliphatic rings. The van der Waals surface area contributed by atoms with Gasteiger partial charge in [0.1, 0.15) is 16.8 Å². The second kappa shape index (κ2) is 6.37. The van der Waals surface area contributed by atoms with Crippen molar-refractivity contribution in [3.05, 3.63) is 17.0 Å². The summed E-state index contributed by atoms with van der Waals surface area (Å²) in [4.78, 5) is 11.0. The molecule has 1 atom stereocenters. The summed E-state index contributed by atoms with van der Waals surface area (Å²) in [6, 6.07) is 2.28. The molecule has 0 amide bonds. The zero-order valence-electron chi connectivity index (χ0n) is 12.2. The van der Waals surface area contributed by atoms with E-state index in [-0.39, 0.29) is 5.92 Å². The minimum atomic E-state index is 0.288. The summed E-state index contributed by atoms with van der Waals surface area (Å²) >= 11 is 6.07. The zero-order chi connectivity index (χ0) is 13.9. The van der Waals surface area contributed by atoms with Gasteiger partial charge in [-0.05, 0) is 19.3 Å². The van der Waals surface area contributed by atoms with Crippen molar-refractivity contribution in [1.29, 1.82) is 0 Å². The smallest absolute Gasteiger partial charge is 0.135 e. The van der Waals surface area contributed by atoms with Gasteiger partial charge in [0, 0.05) is 25.1 Å². The van der Waals surface area contributed by atoms with Gasteiger partial charge in [0.2, 0.25) is 0 Å². The molecule has 0 spiro atoms. The predicted octanol–water partition coefficient (Wildman–Crippen LogP) is 4.12. The van der Waals surface area contributed by atoms with E-state index in [0.29, 0.717) is 17.1 Å². The van der Waals surface area contributed by atoms with Gasteiger partial charge in [-0.15, -0.1) is 0 Å². The summed E-state index contributed by atoms with van der Waals surface area (Å²) in [7, 11) is 2.07. The first kappa shape index (κ1) is 15.2. The van der Waals surface area contributed by atoms with Crippen molar-refractivity contribution in [2.75, 3.05) is 11.9 Å². The molecule has 4 heteroatoms. The molecular formula is C14H24ClN3. The largest absolute Gasteiger partial charge is 0.357 e. The quantitative estimate of drug-likeness (QED) is 0.753. The van der Waals surface area contributed by atoms with Crippen molar-refractivity contribution in [3.63, 3.8) is 0 Å². The number of hydrogen-bond donors (Lipinski definition) is 0. The number of anilines is 1. The molecule has 1 heterocycles. The van der Waals surface area contributed by atoms with Crippen LogP contribution in [0, 0.1) is 5.92 Å². The Morgan fingerprint density at radius 1 is 1.17 bits per heavy atom. The van der Waals surface area contributed by atoms with E-state index in [4.69, 9.17) is 11.6 Å². The van der Waals surface area contributed by atoms with E-state index >= 15 is 0 Å². The van der Waals surface area contributed by atoms with E-state index in [2.05, 4.69) is 56.5 Å². The van der Waals surface area contributed by atoms with Gasteiger partial charge in [0.25, 0.3) is 0 Å². The lowest BCUT2D eigenvalue weighted by molar-refractivity contribution is 0.501. The third kappa shape index (κ3) is 4.13. The van der Waals surface area contributed by atoms with Crippen LogP contribution in [0.2, 0.25) is 5.15 Å². The minimum Gasteiger partial charge on any atom is -0.357 e. The molecule has 0 aliphatic heterocycles. The Kier molecular flexibility index (Phi) is 5.39. The number of rotatable bonds is 5. The first-order chi connectivity index (χ1) is 8.31. The van der Waals surface area contributed by atoms with Crippen LogP contribution in [-0.4, -0.2) is 23.1 Å². The summed E-state index contributed by atoms with van der Waals surface area (Å²) in [5, 5.41) is 0.521. The molecule has 0 saturated carbocycles. The molecule has 0 fully saturated rings. The Bertz CT molecular complexity index is 391. The third-order valence-corrected chi connectivity index (χ3v) is 3.24.